The van der Waals surface area contributed by atoms with Crippen molar-refractivity contribution in [2.45, 2.75) is 32.5 Å². The maximum atomic E-state index is 11.6. The van der Waals surface area contributed by atoms with Crippen LogP contribution in [-0.2, 0) is 5.41 Å². The molecule has 1 rings (SSSR count). The molecule has 80 valence electrons. The molecule has 0 aliphatic carbocycles. The maximum Gasteiger partial charge on any atom is 0.259 e. The van der Waals surface area contributed by atoms with Crippen molar-refractivity contribution in [2.24, 2.45) is 0 Å². The highest BCUT2D eigenvalue weighted by molar-refractivity contribution is 6.23. The topological polar surface area (TPSA) is 49.9 Å². The lowest BCUT2D eigenvalue weighted by atomic mass is 9.90. The largest absolute Gasteiger partial charge is 0.325 e. The highest BCUT2D eigenvalue weighted by Gasteiger charge is 2.16. The van der Waals surface area contributed by atoms with E-state index in [0.717, 1.165) is 5.69 Å². The summed E-state index contributed by atoms with van der Waals surface area (Å²) in [4.78, 5) is 25.7. The number of H-pyrrole nitrogens is 1. The van der Waals surface area contributed by atoms with Crippen LogP contribution in [0, 0.1) is 0 Å². The zero-order chi connectivity index (χ0) is 11.6. The molecule has 15 heavy (non-hydrogen) atoms. The fraction of sp³-hybridized carbons (Fsp3) is 0.455. The molecule has 0 bridgehead atoms. The Balaban J connectivity index is 3.21. The van der Waals surface area contributed by atoms with E-state index in [0.29, 0.717) is 6.32 Å². The van der Waals surface area contributed by atoms with E-state index in [9.17, 15) is 9.59 Å². The standard InChI is InChI=1S/C11H16BNO2/c1-11(2,3)9-5-4-7(8(14)6-12)10(15)13-9/h4-5H,6,12H2,1-3H3,(H,13,15). The summed E-state index contributed by atoms with van der Waals surface area (Å²) in [5, 5.41) is 0. The average molecular weight is 205 g/mol. The molecule has 3 nitrogen and oxygen atoms in total. The molecule has 0 spiro atoms. The van der Waals surface area contributed by atoms with E-state index in [-0.39, 0.29) is 22.3 Å². The Kier molecular flexibility index (Phi) is 3.17. The Bertz CT molecular complexity index is 429. The molecule has 4 heteroatoms. The van der Waals surface area contributed by atoms with Crippen molar-refractivity contribution in [3.63, 3.8) is 0 Å². The molecule has 0 saturated heterocycles. The fourth-order valence-electron chi connectivity index (χ4n) is 1.32. The van der Waals surface area contributed by atoms with E-state index in [4.69, 9.17) is 0 Å². The molecular weight excluding hydrogens is 189 g/mol. The van der Waals surface area contributed by atoms with Crippen LogP contribution < -0.4 is 5.56 Å². The van der Waals surface area contributed by atoms with Crippen LogP contribution in [0.15, 0.2) is 16.9 Å². The number of hydrogen-bond acceptors (Lipinski definition) is 2. The van der Waals surface area contributed by atoms with Crippen molar-refractivity contribution in [3.05, 3.63) is 33.7 Å². The predicted molar refractivity (Wildman–Crippen MR) is 63.4 cm³/mol. The first-order valence-corrected chi connectivity index (χ1v) is 5.13. The summed E-state index contributed by atoms with van der Waals surface area (Å²) >= 11 is 0. The third-order valence-corrected chi connectivity index (χ3v) is 2.34. The molecule has 0 unspecified atom stereocenters. The number of hydrogen-bond donors (Lipinski definition) is 1. The van der Waals surface area contributed by atoms with Crippen LogP contribution in [0.25, 0.3) is 0 Å². The van der Waals surface area contributed by atoms with Gasteiger partial charge < -0.3 is 4.98 Å². The molecule has 1 N–H and O–H groups in total. The summed E-state index contributed by atoms with van der Waals surface area (Å²) in [6.45, 7) is 6.04. The number of rotatable bonds is 2. The van der Waals surface area contributed by atoms with E-state index in [2.05, 4.69) is 4.98 Å². The Morgan fingerprint density at radius 1 is 1.40 bits per heavy atom. The van der Waals surface area contributed by atoms with E-state index < -0.39 is 0 Å². The lowest BCUT2D eigenvalue weighted by Gasteiger charge is -2.18. The number of carbonyl (C=O) groups is 1. The number of aromatic nitrogens is 1. The van der Waals surface area contributed by atoms with E-state index in [1.807, 2.05) is 26.8 Å². The lowest BCUT2D eigenvalue weighted by Crippen LogP contribution is -2.23. The molecule has 0 atom stereocenters. The van der Waals surface area contributed by atoms with Crippen molar-refractivity contribution in [3.8, 4) is 0 Å². The SMILES string of the molecule is BCC(=O)c1ccc(C(C)(C)C)[nH]c1=O. The molecule has 1 aromatic rings. The van der Waals surface area contributed by atoms with Gasteiger partial charge >= 0.3 is 0 Å². The van der Waals surface area contributed by atoms with Gasteiger partial charge in [0.05, 0.1) is 5.56 Å². The van der Waals surface area contributed by atoms with Crippen LogP contribution >= 0.6 is 0 Å². The second-order valence-corrected chi connectivity index (χ2v) is 4.64. The minimum Gasteiger partial charge on any atom is -0.325 e. The van der Waals surface area contributed by atoms with Gasteiger partial charge in [-0.2, -0.15) is 0 Å². The Labute approximate surface area is 90.3 Å². The normalized spacial score (nSPS) is 11.4. The Morgan fingerprint density at radius 2 is 2.00 bits per heavy atom. The average Bonchev–Trinajstić information content (AvgIpc) is 2.15. The minimum atomic E-state index is -0.283. The minimum absolute atomic E-state index is 0.104. The molecular formula is C11H16BNO2. The molecule has 0 amide bonds. The number of carbonyl (C=O) groups excluding carboxylic acids is 1. The van der Waals surface area contributed by atoms with Gasteiger partial charge in [-0.1, -0.05) is 20.8 Å². The maximum absolute atomic E-state index is 11.6. The first kappa shape index (κ1) is 11.8. The van der Waals surface area contributed by atoms with Crippen LogP contribution in [0.1, 0.15) is 36.8 Å². The Morgan fingerprint density at radius 3 is 2.40 bits per heavy atom. The second kappa shape index (κ2) is 4.05. The number of ketones is 1. The van der Waals surface area contributed by atoms with Gasteiger partial charge in [0.15, 0.2) is 5.78 Å². The van der Waals surface area contributed by atoms with Gasteiger partial charge in [0.2, 0.25) is 0 Å². The van der Waals surface area contributed by atoms with E-state index in [1.165, 1.54) is 0 Å². The van der Waals surface area contributed by atoms with Gasteiger partial charge in [0, 0.05) is 11.1 Å². The zero-order valence-electron chi connectivity index (χ0n) is 9.68. The smallest absolute Gasteiger partial charge is 0.259 e. The van der Waals surface area contributed by atoms with Gasteiger partial charge in [0.25, 0.3) is 5.56 Å². The van der Waals surface area contributed by atoms with E-state index >= 15 is 0 Å². The predicted octanol–water partition coefficient (Wildman–Crippen LogP) is 0.906. The van der Waals surface area contributed by atoms with Crippen LogP contribution in [0.5, 0.6) is 0 Å². The van der Waals surface area contributed by atoms with Gasteiger partial charge in [-0.05, 0) is 18.5 Å². The number of Topliss-reactive ketones (excluding diaryl/α,β-unsaturated/α-hetero) is 1. The monoisotopic (exact) mass is 205 g/mol. The van der Waals surface area contributed by atoms with E-state index in [1.54, 1.807) is 13.9 Å². The summed E-state index contributed by atoms with van der Waals surface area (Å²) < 4.78 is 0. The summed E-state index contributed by atoms with van der Waals surface area (Å²) in [6.07, 6.45) is 0.359. The number of nitrogens with one attached hydrogen (secondary N) is 1. The molecule has 0 aromatic carbocycles. The third-order valence-electron chi connectivity index (χ3n) is 2.34. The quantitative estimate of drug-likeness (QED) is 0.576. The molecule has 0 radical (unpaired) electrons. The number of pyridine rings is 1. The summed E-state index contributed by atoms with van der Waals surface area (Å²) in [5.74, 6) is -0.114. The van der Waals surface area contributed by atoms with Crippen LogP contribution in [-0.4, -0.2) is 18.6 Å². The lowest BCUT2D eigenvalue weighted by molar-refractivity contribution is 0.101. The molecule has 1 aromatic heterocycles. The van der Waals surface area contributed by atoms with Crippen molar-refractivity contribution in [2.75, 3.05) is 0 Å². The zero-order valence-corrected chi connectivity index (χ0v) is 9.68. The number of aromatic amines is 1. The summed E-state index contributed by atoms with van der Waals surface area (Å²) in [7, 11) is 1.75. The first-order chi connectivity index (χ1) is 6.86. The molecule has 0 aliphatic heterocycles. The molecule has 0 aliphatic rings. The highest BCUT2D eigenvalue weighted by atomic mass is 16.1. The van der Waals surface area contributed by atoms with Gasteiger partial charge in [-0.15, -0.1) is 0 Å². The van der Waals surface area contributed by atoms with Crippen LogP contribution in [0.2, 0.25) is 6.32 Å². The molecule has 0 saturated carbocycles. The summed E-state index contributed by atoms with van der Waals surface area (Å²) in [6, 6.07) is 3.43. The van der Waals surface area contributed by atoms with Crippen molar-refractivity contribution < 1.29 is 4.79 Å². The van der Waals surface area contributed by atoms with Crippen molar-refractivity contribution in [1.29, 1.82) is 0 Å². The van der Waals surface area contributed by atoms with Crippen molar-refractivity contribution >= 4 is 13.6 Å². The summed E-state index contributed by atoms with van der Waals surface area (Å²) in [5.41, 5.74) is 0.715. The molecule has 0 fully saturated rings. The van der Waals surface area contributed by atoms with Gasteiger partial charge in [-0.3, -0.25) is 9.59 Å². The molecule has 1 heterocycles. The van der Waals surface area contributed by atoms with Gasteiger partial charge in [0.1, 0.15) is 7.85 Å². The van der Waals surface area contributed by atoms with Gasteiger partial charge in [-0.25, -0.2) is 0 Å². The second-order valence-electron chi connectivity index (χ2n) is 4.64. The fourth-order valence-corrected chi connectivity index (χ4v) is 1.32. The highest BCUT2D eigenvalue weighted by Crippen LogP contribution is 2.18. The van der Waals surface area contributed by atoms with Crippen LogP contribution in [0.4, 0.5) is 0 Å². The first-order valence-electron chi connectivity index (χ1n) is 5.13. The Hall–Kier alpha value is -1.32. The third kappa shape index (κ3) is 2.58. The van der Waals surface area contributed by atoms with Crippen molar-refractivity contribution in [1.82, 2.24) is 4.98 Å². The van der Waals surface area contributed by atoms with Crippen LogP contribution in [0.3, 0.4) is 0 Å².